The Bertz CT molecular complexity index is 491. The Labute approximate surface area is 136 Å². The molecule has 0 heterocycles. The first-order chi connectivity index (χ1) is 10.4. The molecule has 0 bridgehead atoms. The fraction of sp³-hybridized carbons (Fsp3) is 0.500. The number of anilines is 1. The second-order valence-corrected chi connectivity index (χ2v) is 6.56. The first-order valence-electron chi connectivity index (χ1n) is 7.31. The van der Waals surface area contributed by atoms with Crippen molar-refractivity contribution in [3.63, 3.8) is 0 Å². The maximum absolute atomic E-state index is 12.1. The molecule has 0 radical (unpaired) electrons. The number of hydrogen-bond donors (Lipinski definition) is 2. The van der Waals surface area contributed by atoms with Gasteiger partial charge < -0.3 is 15.5 Å². The van der Waals surface area contributed by atoms with Crippen LogP contribution in [0.3, 0.4) is 0 Å². The molecule has 1 rings (SSSR count). The summed E-state index contributed by atoms with van der Waals surface area (Å²) in [5.41, 5.74) is 1.93. The van der Waals surface area contributed by atoms with Crippen molar-refractivity contribution in [2.45, 2.75) is 19.1 Å². The highest BCUT2D eigenvalue weighted by molar-refractivity contribution is 8.01. The standard InChI is InChI=1S/C16H25N3O2S/c1-12-5-7-14(8-6-12)18-15(20)11-22-13(2)16(21)19(4)10-9-17-3/h5-8,13,17H,9-11H2,1-4H3,(H,18,20). The van der Waals surface area contributed by atoms with Gasteiger partial charge in [-0.1, -0.05) is 17.7 Å². The molecule has 1 unspecified atom stereocenters. The molecule has 1 aromatic carbocycles. The number of amides is 2. The summed E-state index contributed by atoms with van der Waals surface area (Å²) in [6.07, 6.45) is 0. The molecule has 0 spiro atoms. The molecular weight excluding hydrogens is 298 g/mol. The summed E-state index contributed by atoms with van der Waals surface area (Å²) in [4.78, 5) is 25.7. The van der Waals surface area contributed by atoms with Crippen LogP contribution in [0.25, 0.3) is 0 Å². The van der Waals surface area contributed by atoms with Crippen LogP contribution in [-0.4, -0.2) is 54.9 Å². The Balaban J connectivity index is 2.36. The van der Waals surface area contributed by atoms with E-state index in [4.69, 9.17) is 0 Å². The zero-order valence-electron chi connectivity index (χ0n) is 13.7. The van der Waals surface area contributed by atoms with Gasteiger partial charge in [-0.15, -0.1) is 11.8 Å². The largest absolute Gasteiger partial charge is 0.344 e. The van der Waals surface area contributed by atoms with E-state index in [2.05, 4.69) is 10.6 Å². The third-order valence-electron chi connectivity index (χ3n) is 3.22. The highest BCUT2D eigenvalue weighted by Crippen LogP contribution is 2.14. The zero-order chi connectivity index (χ0) is 16.5. The molecule has 0 aliphatic carbocycles. The smallest absolute Gasteiger partial charge is 0.235 e. The van der Waals surface area contributed by atoms with Crippen molar-refractivity contribution in [1.29, 1.82) is 0 Å². The average molecular weight is 323 g/mol. The van der Waals surface area contributed by atoms with E-state index in [0.29, 0.717) is 6.54 Å². The number of rotatable bonds is 8. The van der Waals surface area contributed by atoms with Gasteiger partial charge in [0.05, 0.1) is 11.0 Å². The van der Waals surface area contributed by atoms with Crippen molar-refractivity contribution in [3.8, 4) is 0 Å². The van der Waals surface area contributed by atoms with Crippen LogP contribution in [0, 0.1) is 6.92 Å². The quantitative estimate of drug-likeness (QED) is 0.765. The van der Waals surface area contributed by atoms with Crippen LogP contribution in [0.1, 0.15) is 12.5 Å². The molecule has 0 fully saturated rings. The van der Waals surface area contributed by atoms with Crippen molar-refractivity contribution in [1.82, 2.24) is 10.2 Å². The van der Waals surface area contributed by atoms with Gasteiger partial charge in [0.25, 0.3) is 0 Å². The highest BCUT2D eigenvalue weighted by atomic mass is 32.2. The van der Waals surface area contributed by atoms with Gasteiger partial charge in [0.15, 0.2) is 0 Å². The van der Waals surface area contributed by atoms with Crippen LogP contribution in [-0.2, 0) is 9.59 Å². The van der Waals surface area contributed by atoms with Gasteiger partial charge in [0.2, 0.25) is 11.8 Å². The summed E-state index contributed by atoms with van der Waals surface area (Å²) in [5.74, 6) is 0.218. The van der Waals surface area contributed by atoms with Gasteiger partial charge in [0.1, 0.15) is 0 Å². The zero-order valence-corrected chi connectivity index (χ0v) is 14.5. The van der Waals surface area contributed by atoms with Gasteiger partial charge in [-0.25, -0.2) is 0 Å². The summed E-state index contributed by atoms with van der Waals surface area (Å²) >= 11 is 1.35. The van der Waals surface area contributed by atoms with Gasteiger partial charge in [-0.05, 0) is 33.0 Å². The van der Waals surface area contributed by atoms with E-state index >= 15 is 0 Å². The average Bonchev–Trinajstić information content (AvgIpc) is 2.51. The molecule has 0 aliphatic heterocycles. The number of nitrogens with zero attached hydrogens (tertiary/aromatic N) is 1. The minimum atomic E-state index is -0.231. The molecule has 0 saturated carbocycles. The summed E-state index contributed by atoms with van der Waals surface area (Å²) in [6, 6.07) is 7.65. The predicted molar refractivity (Wildman–Crippen MR) is 93.3 cm³/mol. The number of carbonyl (C=O) groups is 2. The fourth-order valence-electron chi connectivity index (χ4n) is 1.81. The monoisotopic (exact) mass is 323 g/mol. The lowest BCUT2D eigenvalue weighted by Gasteiger charge is -2.20. The van der Waals surface area contributed by atoms with Gasteiger partial charge in [0, 0.05) is 25.8 Å². The van der Waals surface area contributed by atoms with Crippen molar-refractivity contribution in [2.75, 3.05) is 38.3 Å². The van der Waals surface area contributed by atoms with Crippen LogP contribution in [0.5, 0.6) is 0 Å². The SMILES string of the molecule is CNCCN(C)C(=O)C(C)SCC(=O)Nc1ccc(C)cc1. The minimum absolute atomic E-state index is 0.0448. The first kappa shape index (κ1) is 18.5. The predicted octanol–water partition coefficient (Wildman–Crippen LogP) is 1.73. The number of likely N-dealkylation sites (N-methyl/N-ethyl adjacent to an activating group) is 2. The Morgan fingerprint density at radius 3 is 2.50 bits per heavy atom. The Hall–Kier alpha value is -1.53. The van der Waals surface area contributed by atoms with Crippen LogP contribution >= 0.6 is 11.8 Å². The molecule has 22 heavy (non-hydrogen) atoms. The van der Waals surface area contributed by atoms with Gasteiger partial charge in [-0.2, -0.15) is 0 Å². The molecule has 6 heteroatoms. The molecule has 122 valence electrons. The van der Waals surface area contributed by atoms with Gasteiger partial charge >= 0.3 is 0 Å². The van der Waals surface area contributed by atoms with E-state index in [1.807, 2.05) is 45.2 Å². The lowest BCUT2D eigenvalue weighted by molar-refractivity contribution is -0.128. The molecule has 1 aromatic rings. The van der Waals surface area contributed by atoms with Crippen molar-refractivity contribution in [2.24, 2.45) is 0 Å². The lowest BCUT2D eigenvalue weighted by atomic mass is 10.2. The third kappa shape index (κ3) is 6.49. The minimum Gasteiger partial charge on any atom is -0.344 e. The van der Waals surface area contributed by atoms with E-state index in [1.54, 1.807) is 11.9 Å². The molecule has 0 aliphatic rings. The Kier molecular flexibility index (Phi) is 7.98. The summed E-state index contributed by atoms with van der Waals surface area (Å²) < 4.78 is 0. The van der Waals surface area contributed by atoms with Crippen molar-refractivity contribution < 1.29 is 9.59 Å². The third-order valence-corrected chi connectivity index (χ3v) is 4.35. The van der Waals surface area contributed by atoms with E-state index in [0.717, 1.165) is 17.8 Å². The highest BCUT2D eigenvalue weighted by Gasteiger charge is 2.18. The number of carbonyl (C=O) groups excluding carboxylic acids is 2. The van der Waals surface area contributed by atoms with E-state index in [-0.39, 0.29) is 22.8 Å². The molecule has 0 saturated heterocycles. The topological polar surface area (TPSA) is 61.4 Å². The lowest BCUT2D eigenvalue weighted by Crippen LogP contribution is -2.37. The van der Waals surface area contributed by atoms with Crippen molar-refractivity contribution >= 4 is 29.3 Å². The maximum Gasteiger partial charge on any atom is 0.235 e. The first-order valence-corrected chi connectivity index (χ1v) is 8.36. The van der Waals surface area contributed by atoms with Crippen LogP contribution in [0.2, 0.25) is 0 Å². The fourth-order valence-corrected chi connectivity index (χ4v) is 2.60. The molecular formula is C16H25N3O2S. The number of thioether (sulfide) groups is 1. The summed E-state index contributed by atoms with van der Waals surface area (Å²) in [5, 5.41) is 5.61. The number of benzene rings is 1. The van der Waals surface area contributed by atoms with Crippen LogP contribution in [0.15, 0.2) is 24.3 Å². The Morgan fingerprint density at radius 1 is 1.27 bits per heavy atom. The molecule has 5 nitrogen and oxygen atoms in total. The molecule has 0 aromatic heterocycles. The second-order valence-electron chi connectivity index (χ2n) is 5.23. The number of hydrogen-bond acceptors (Lipinski definition) is 4. The molecule has 2 N–H and O–H groups in total. The van der Waals surface area contributed by atoms with E-state index < -0.39 is 0 Å². The maximum atomic E-state index is 12.1. The van der Waals surface area contributed by atoms with Crippen molar-refractivity contribution in [3.05, 3.63) is 29.8 Å². The Morgan fingerprint density at radius 2 is 1.91 bits per heavy atom. The van der Waals surface area contributed by atoms with Gasteiger partial charge in [-0.3, -0.25) is 9.59 Å². The number of aryl methyl sites for hydroxylation is 1. The van der Waals surface area contributed by atoms with E-state index in [9.17, 15) is 9.59 Å². The van der Waals surface area contributed by atoms with Crippen LogP contribution < -0.4 is 10.6 Å². The normalized spacial score (nSPS) is 11.8. The molecule has 2 amide bonds. The number of nitrogens with one attached hydrogen (secondary N) is 2. The van der Waals surface area contributed by atoms with E-state index in [1.165, 1.54) is 11.8 Å². The summed E-state index contributed by atoms with van der Waals surface area (Å²) in [7, 11) is 3.63. The molecule has 1 atom stereocenters. The second kappa shape index (κ2) is 9.48. The van der Waals surface area contributed by atoms with Crippen LogP contribution in [0.4, 0.5) is 5.69 Å². The summed E-state index contributed by atoms with van der Waals surface area (Å²) in [6.45, 7) is 5.25.